The highest BCUT2D eigenvalue weighted by molar-refractivity contribution is 5.95. The Kier molecular flexibility index (Phi) is 5.60. The van der Waals surface area contributed by atoms with Gasteiger partial charge >= 0.3 is 0 Å². The number of methoxy groups -OCH3 is 2. The van der Waals surface area contributed by atoms with Gasteiger partial charge in [0, 0.05) is 5.69 Å². The first kappa shape index (κ1) is 18.3. The molecule has 0 bridgehead atoms. The van der Waals surface area contributed by atoms with Gasteiger partial charge in [0.2, 0.25) is 5.91 Å². The van der Waals surface area contributed by atoms with Crippen molar-refractivity contribution in [3.05, 3.63) is 59.7 Å². The number of tetrazole rings is 1. The maximum atomic E-state index is 13.4. The molecule has 1 atom stereocenters. The molecule has 0 aliphatic rings. The summed E-state index contributed by atoms with van der Waals surface area (Å²) in [6.45, 7) is 0. The zero-order valence-corrected chi connectivity index (χ0v) is 14.8. The second-order valence-electron chi connectivity index (χ2n) is 5.68. The van der Waals surface area contributed by atoms with E-state index in [-0.39, 0.29) is 12.2 Å². The fraction of sp³-hybridized carbons (Fsp3) is 0.222. The molecule has 0 saturated heterocycles. The SMILES string of the molecule is COc1cccc(C[C@H](C(=O)Nc2cccc(F)c2)c2nn[nH]n2)c1OC. The molecule has 0 unspecified atom stereocenters. The molecule has 9 heteroatoms. The number of ether oxygens (including phenoxy) is 2. The Morgan fingerprint density at radius 2 is 2.04 bits per heavy atom. The Labute approximate surface area is 154 Å². The van der Waals surface area contributed by atoms with Crippen molar-refractivity contribution >= 4 is 11.6 Å². The summed E-state index contributed by atoms with van der Waals surface area (Å²) in [5.41, 5.74) is 1.08. The van der Waals surface area contributed by atoms with Gasteiger partial charge in [-0.2, -0.15) is 5.21 Å². The van der Waals surface area contributed by atoms with Gasteiger partial charge in [0.1, 0.15) is 11.7 Å². The molecule has 2 aromatic carbocycles. The number of carbonyl (C=O) groups excluding carboxylic acids is 1. The molecule has 0 aliphatic carbocycles. The van der Waals surface area contributed by atoms with E-state index >= 15 is 0 Å². The van der Waals surface area contributed by atoms with Crippen LogP contribution in [-0.4, -0.2) is 40.8 Å². The molecule has 0 saturated carbocycles. The van der Waals surface area contributed by atoms with Crippen LogP contribution in [0, 0.1) is 5.82 Å². The molecule has 8 nitrogen and oxygen atoms in total. The van der Waals surface area contributed by atoms with Crippen molar-refractivity contribution in [2.45, 2.75) is 12.3 Å². The molecular formula is C18H18FN5O3. The van der Waals surface area contributed by atoms with Crippen LogP contribution in [0.15, 0.2) is 42.5 Å². The Hall–Kier alpha value is -3.49. The summed E-state index contributed by atoms with van der Waals surface area (Å²) < 4.78 is 24.1. The van der Waals surface area contributed by atoms with Gasteiger partial charge in [-0.25, -0.2) is 4.39 Å². The summed E-state index contributed by atoms with van der Waals surface area (Å²) >= 11 is 0. The van der Waals surface area contributed by atoms with E-state index in [0.29, 0.717) is 17.2 Å². The largest absolute Gasteiger partial charge is 0.493 e. The first-order chi connectivity index (χ1) is 13.1. The highest BCUT2D eigenvalue weighted by Gasteiger charge is 2.27. The van der Waals surface area contributed by atoms with E-state index in [4.69, 9.17) is 9.47 Å². The average molecular weight is 371 g/mol. The maximum Gasteiger partial charge on any atom is 0.235 e. The average Bonchev–Trinajstić information content (AvgIpc) is 3.20. The maximum absolute atomic E-state index is 13.4. The van der Waals surface area contributed by atoms with Crippen LogP contribution in [0.25, 0.3) is 0 Å². The third kappa shape index (κ3) is 4.20. The van der Waals surface area contributed by atoms with Crippen LogP contribution in [0.1, 0.15) is 17.3 Å². The number of amides is 1. The molecular weight excluding hydrogens is 353 g/mol. The predicted molar refractivity (Wildman–Crippen MR) is 95.2 cm³/mol. The first-order valence-corrected chi connectivity index (χ1v) is 8.12. The number of hydrogen-bond donors (Lipinski definition) is 2. The van der Waals surface area contributed by atoms with Crippen LogP contribution in [-0.2, 0) is 11.2 Å². The summed E-state index contributed by atoms with van der Waals surface area (Å²) in [6.07, 6.45) is 0.237. The van der Waals surface area contributed by atoms with Crippen LogP contribution in [0.2, 0.25) is 0 Å². The summed E-state index contributed by atoms with van der Waals surface area (Å²) in [7, 11) is 3.06. The lowest BCUT2D eigenvalue weighted by atomic mass is 9.96. The summed E-state index contributed by atoms with van der Waals surface area (Å²) in [5, 5.41) is 16.4. The second kappa shape index (κ2) is 8.26. The zero-order valence-electron chi connectivity index (χ0n) is 14.8. The molecule has 0 spiro atoms. The number of H-pyrrole nitrogens is 1. The number of nitrogens with one attached hydrogen (secondary N) is 2. The topological polar surface area (TPSA) is 102 Å². The molecule has 1 amide bonds. The summed E-state index contributed by atoms with van der Waals surface area (Å²) in [4.78, 5) is 12.9. The third-order valence-electron chi connectivity index (χ3n) is 3.99. The number of anilines is 1. The van der Waals surface area contributed by atoms with Gasteiger partial charge in [-0.3, -0.25) is 4.79 Å². The van der Waals surface area contributed by atoms with Gasteiger partial charge in [-0.15, -0.1) is 10.2 Å². The fourth-order valence-electron chi connectivity index (χ4n) is 2.75. The number of aromatic amines is 1. The number of carbonyl (C=O) groups is 1. The van der Waals surface area contributed by atoms with Crippen molar-refractivity contribution in [2.24, 2.45) is 0 Å². The van der Waals surface area contributed by atoms with Gasteiger partial charge < -0.3 is 14.8 Å². The quantitative estimate of drug-likeness (QED) is 0.661. The van der Waals surface area contributed by atoms with Crippen LogP contribution >= 0.6 is 0 Å². The predicted octanol–water partition coefficient (Wildman–Crippen LogP) is 2.32. The first-order valence-electron chi connectivity index (χ1n) is 8.12. The van der Waals surface area contributed by atoms with Crippen LogP contribution in [0.4, 0.5) is 10.1 Å². The number of para-hydroxylation sites is 1. The van der Waals surface area contributed by atoms with E-state index in [9.17, 15) is 9.18 Å². The molecule has 1 aromatic heterocycles. The van der Waals surface area contributed by atoms with E-state index in [1.54, 1.807) is 18.2 Å². The molecule has 3 rings (SSSR count). The van der Waals surface area contributed by atoms with Crippen molar-refractivity contribution in [2.75, 3.05) is 19.5 Å². The van der Waals surface area contributed by atoms with Crippen molar-refractivity contribution in [1.29, 1.82) is 0 Å². The number of hydrogen-bond acceptors (Lipinski definition) is 6. The smallest absolute Gasteiger partial charge is 0.235 e. The molecule has 0 radical (unpaired) electrons. The van der Waals surface area contributed by atoms with Crippen LogP contribution in [0.3, 0.4) is 0 Å². The van der Waals surface area contributed by atoms with Gasteiger partial charge in [0.25, 0.3) is 0 Å². The minimum absolute atomic E-state index is 0.216. The molecule has 0 aliphatic heterocycles. The van der Waals surface area contributed by atoms with Crippen LogP contribution < -0.4 is 14.8 Å². The number of halogens is 1. The van der Waals surface area contributed by atoms with Crippen molar-refractivity contribution in [1.82, 2.24) is 20.6 Å². The Morgan fingerprint density at radius 3 is 2.70 bits per heavy atom. The molecule has 2 N–H and O–H groups in total. The van der Waals surface area contributed by atoms with Crippen LogP contribution in [0.5, 0.6) is 11.5 Å². The Balaban J connectivity index is 1.90. The summed E-state index contributed by atoms with van der Waals surface area (Å²) in [6, 6.07) is 11.0. The lowest BCUT2D eigenvalue weighted by Gasteiger charge is -2.17. The Bertz CT molecular complexity index is 917. The lowest BCUT2D eigenvalue weighted by Crippen LogP contribution is -2.24. The van der Waals surface area contributed by atoms with Gasteiger partial charge in [-0.1, -0.05) is 23.4 Å². The normalized spacial score (nSPS) is 11.7. The van der Waals surface area contributed by atoms with Gasteiger partial charge in [0.15, 0.2) is 17.3 Å². The number of benzene rings is 2. The van der Waals surface area contributed by atoms with E-state index in [2.05, 4.69) is 25.9 Å². The van der Waals surface area contributed by atoms with Crippen molar-refractivity contribution in [3.63, 3.8) is 0 Å². The lowest BCUT2D eigenvalue weighted by molar-refractivity contribution is -0.117. The molecule has 27 heavy (non-hydrogen) atoms. The monoisotopic (exact) mass is 371 g/mol. The van der Waals surface area contributed by atoms with E-state index < -0.39 is 17.6 Å². The standard InChI is InChI=1S/C18H18FN5O3/c1-26-15-8-3-5-11(16(15)27-2)9-14(17-21-23-24-22-17)18(25)20-13-7-4-6-12(19)10-13/h3-8,10,14H,9H2,1-2H3,(H,20,25)(H,21,22,23,24)/t14-/m0/s1. The Morgan fingerprint density at radius 1 is 1.22 bits per heavy atom. The number of rotatable bonds is 7. The van der Waals surface area contributed by atoms with Gasteiger partial charge in [-0.05, 0) is 36.2 Å². The zero-order chi connectivity index (χ0) is 19.2. The molecule has 1 heterocycles. The van der Waals surface area contributed by atoms with Crippen molar-refractivity contribution in [3.8, 4) is 11.5 Å². The van der Waals surface area contributed by atoms with E-state index in [1.165, 1.54) is 32.4 Å². The van der Waals surface area contributed by atoms with E-state index in [0.717, 1.165) is 5.56 Å². The fourth-order valence-corrected chi connectivity index (χ4v) is 2.75. The number of nitrogens with zero attached hydrogens (tertiary/aromatic N) is 3. The second-order valence-corrected chi connectivity index (χ2v) is 5.68. The molecule has 3 aromatic rings. The molecule has 140 valence electrons. The third-order valence-corrected chi connectivity index (χ3v) is 3.99. The minimum atomic E-state index is -0.770. The summed E-state index contributed by atoms with van der Waals surface area (Å²) in [5.74, 6) is -0.327. The minimum Gasteiger partial charge on any atom is -0.493 e. The highest BCUT2D eigenvalue weighted by Crippen LogP contribution is 2.33. The van der Waals surface area contributed by atoms with E-state index in [1.807, 2.05) is 6.07 Å². The highest BCUT2D eigenvalue weighted by atomic mass is 19.1. The van der Waals surface area contributed by atoms with Gasteiger partial charge in [0.05, 0.1) is 14.2 Å². The number of aromatic nitrogens is 4. The van der Waals surface area contributed by atoms with Crippen molar-refractivity contribution < 1.29 is 18.7 Å². The molecule has 0 fully saturated rings.